The predicted molar refractivity (Wildman–Crippen MR) is 60.2 cm³/mol. The molecule has 2 rings (SSSR count). The molecule has 1 atom stereocenters. The van der Waals surface area contributed by atoms with Crippen LogP contribution in [0.4, 0.5) is 4.39 Å². The van der Waals surface area contributed by atoms with Crippen molar-refractivity contribution < 1.29 is 13.9 Å². The van der Waals surface area contributed by atoms with Gasteiger partial charge < -0.3 is 9.52 Å². The smallest absolute Gasteiger partial charge is 0.281 e. The number of aryl methyl sites for hydroxylation is 1. The number of halogens is 1. The van der Waals surface area contributed by atoms with Crippen LogP contribution < -0.4 is 0 Å². The van der Waals surface area contributed by atoms with Crippen molar-refractivity contribution in [2.45, 2.75) is 30.1 Å². The molecule has 17 heavy (non-hydrogen) atoms. The topological polar surface area (TPSA) is 59.2 Å². The molecule has 2 aromatic rings. The molecule has 1 unspecified atom stereocenters. The third-order valence-corrected chi connectivity index (χ3v) is 3.03. The molecule has 0 aliphatic heterocycles. The van der Waals surface area contributed by atoms with Crippen LogP contribution in [0.2, 0.25) is 0 Å². The third kappa shape index (κ3) is 2.83. The largest absolute Gasteiger partial charge is 0.416 e. The van der Waals surface area contributed by atoms with Crippen molar-refractivity contribution >= 4 is 11.8 Å². The second-order valence-electron chi connectivity index (χ2n) is 3.55. The number of rotatable bonds is 3. The summed E-state index contributed by atoms with van der Waals surface area (Å²) in [6.45, 7) is 3.26. The summed E-state index contributed by atoms with van der Waals surface area (Å²) in [7, 11) is 0. The van der Waals surface area contributed by atoms with Gasteiger partial charge in [0, 0.05) is 6.92 Å². The fourth-order valence-electron chi connectivity index (χ4n) is 1.27. The molecule has 0 bridgehead atoms. The number of hydrogen-bond donors (Lipinski definition) is 1. The average molecular weight is 254 g/mol. The van der Waals surface area contributed by atoms with Crippen LogP contribution >= 0.6 is 11.8 Å². The second-order valence-corrected chi connectivity index (χ2v) is 4.55. The lowest BCUT2D eigenvalue weighted by Crippen LogP contribution is -1.92. The van der Waals surface area contributed by atoms with Crippen molar-refractivity contribution in [3.8, 4) is 0 Å². The molecular formula is C11H11FN2O2S. The molecule has 0 saturated carbocycles. The van der Waals surface area contributed by atoms with Crippen LogP contribution in [0.25, 0.3) is 0 Å². The number of aliphatic hydroxyl groups is 1. The molecule has 0 amide bonds. The molecule has 1 N–H and O–H groups in total. The maximum atomic E-state index is 13.7. The molecule has 0 aliphatic carbocycles. The highest BCUT2D eigenvalue weighted by atomic mass is 32.2. The monoisotopic (exact) mass is 254 g/mol. The van der Waals surface area contributed by atoms with E-state index in [0.717, 1.165) is 11.8 Å². The van der Waals surface area contributed by atoms with Crippen molar-refractivity contribution in [3.63, 3.8) is 0 Å². The Morgan fingerprint density at radius 2 is 2.18 bits per heavy atom. The van der Waals surface area contributed by atoms with Gasteiger partial charge in [0.2, 0.25) is 5.89 Å². The molecule has 0 aliphatic rings. The van der Waals surface area contributed by atoms with Gasteiger partial charge >= 0.3 is 0 Å². The summed E-state index contributed by atoms with van der Waals surface area (Å²) >= 11 is 1.06. The third-order valence-electron chi connectivity index (χ3n) is 2.14. The zero-order chi connectivity index (χ0) is 12.4. The van der Waals surface area contributed by atoms with Gasteiger partial charge in [-0.05, 0) is 36.4 Å². The van der Waals surface area contributed by atoms with E-state index in [4.69, 9.17) is 4.42 Å². The number of hydrogen-bond acceptors (Lipinski definition) is 5. The number of aromatic nitrogens is 2. The van der Waals surface area contributed by atoms with Gasteiger partial charge in [-0.1, -0.05) is 6.07 Å². The van der Waals surface area contributed by atoms with Crippen molar-refractivity contribution in [1.82, 2.24) is 10.2 Å². The van der Waals surface area contributed by atoms with Gasteiger partial charge in [-0.25, -0.2) is 4.39 Å². The van der Waals surface area contributed by atoms with Crippen LogP contribution in [0, 0.1) is 12.7 Å². The van der Waals surface area contributed by atoms with E-state index in [1.54, 1.807) is 26.0 Å². The van der Waals surface area contributed by atoms with Crippen molar-refractivity contribution in [3.05, 3.63) is 35.5 Å². The Bertz CT molecular complexity index is 528. The minimum atomic E-state index is -0.686. The lowest BCUT2D eigenvalue weighted by molar-refractivity contribution is 0.198. The number of benzene rings is 1. The first-order valence-electron chi connectivity index (χ1n) is 5.01. The Hall–Kier alpha value is -1.40. The second kappa shape index (κ2) is 4.85. The van der Waals surface area contributed by atoms with E-state index < -0.39 is 11.9 Å². The molecule has 0 radical (unpaired) electrons. The maximum absolute atomic E-state index is 13.7. The molecule has 4 nitrogen and oxygen atoms in total. The van der Waals surface area contributed by atoms with Crippen LogP contribution in [0.5, 0.6) is 0 Å². The number of nitrogens with zero attached hydrogens (tertiary/aromatic N) is 2. The molecule has 1 aromatic heterocycles. The van der Waals surface area contributed by atoms with Crippen molar-refractivity contribution in [1.29, 1.82) is 0 Å². The van der Waals surface area contributed by atoms with Gasteiger partial charge in [-0.2, -0.15) is 0 Å². The molecule has 0 fully saturated rings. The molecule has 0 spiro atoms. The Morgan fingerprint density at radius 3 is 2.71 bits per heavy atom. The Morgan fingerprint density at radius 1 is 1.41 bits per heavy atom. The minimum Gasteiger partial charge on any atom is -0.416 e. The number of aliphatic hydroxyl groups excluding tert-OH is 1. The van der Waals surface area contributed by atoms with Crippen LogP contribution in [-0.2, 0) is 0 Å². The molecule has 1 heterocycles. The standard InChI is InChI=1S/C11H11FN2O2S/c1-6(15)8-3-4-10(9(12)5-8)17-11-14-13-7(2)16-11/h3-6,15H,1-2H3. The quantitative estimate of drug-likeness (QED) is 0.912. The summed E-state index contributed by atoms with van der Waals surface area (Å²) < 4.78 is 18.8. The summed E-state index contributed by atoms with van der Waals surface area (Å²) in [5.41, 5.74) is 0.536. The molecular weight excluding hydrogens is 243 g/mol. The van der Waals surface area contributed by atoms with Crippen LogP contribution in [0.15, 0.2) is 32.7 Å². The summed E-state index contributed by atoms with van der Waals surface area (Å²) in [6.07, 6.45) is -0.686. The van der Waals surface area contributed by atoms with Gasteiger partial charge in [0.05, 0.1) is 11.0 Å². The van der Waals surface area contributed by atoms with Crippen LogP contribution in [0.1, 0.15) is 24.5 Å². The van der Waals surface area contributed by atoms with Gasteiger partial charge in [0.25, 0.3) is 5.22 Å². The minimum absolute atomic E-state index is 0.297. The van der Waals surface area contributed by atoms with Gasteiger partial charge in [-0.3, -0.25) is 0 Å². The fraction of sp³-hybridized carbons (Fsp3) is 0.273. The summed E-state index contributed by atoms with van der Waals surface area (Å²) in [5, 5.41) is 17.0. The van der Waals surface area contributed by atoms with Crippen LogP contribution in [0.3, 0.4) is 0 Å². The summed E-state index contributed by atoms with van der Waals surface area (Å²) in [4.78, 5) is 0.387. The Labute approximate surface area is 102 Å². The highest BCUT2D eigenvalue weighted by Gasteiger charge is 2.11. The predicted octanol–water partition coefficient (Wildman–Crippen LogP) is 2.72. The van der Waals surface area contributed by atoms with E-state index in [-0.39, 0.29) is 0 Å². The maximum Gasteiger partial charge on any atom is 0.281 e. The van der Waals surface area contributed by atoms with Gasteiger partial charge in [0.15, 0.2) is 0 Å². The SMILES string of the molecule is Cc1nnc(Sc2ccc(C(C)O)cc2F)o1. The average Bonchev–Trinajstić information content (AvgIpc) is 2.67. The normalized spacial score (nSPS) is 12.7. The Kier molecular flexibility index (Phi) is 3.44. The first kappa shape index (κ1) is 12.1. The molecule has 1 aromatic carbocycles. The lowest BCUT2D eigenvalue weighted by Gasteiger charge is -2.06. The van der Waals surface area contributed by atoms with Gasteiger partial charge in [0.1, 0.15) is 5.82 Å². The van der Waals surface area contributed by atoms with E-state index in [2.05, 4.69) is 10.2 Å². The van der Waals surface area contributed by atoms with E-state index in [1.165, 1.54) is 6.07 Å². The van der Waals surface area contributed by atoms with E-state index in [1.807, 2.05) is 0 Å². The van der Waals surface area contributed by atoms with E-state index in [9.17, 15) is 9.50 Å². The highest BCUT2D eigenvalue weighted by Crippen LogP contribution is 2.30. The van der Waals surface area contributed by atoms with E-state index >= 15 is 0 Å². The highest BCUT2D eigenvalue weighted by molar-refractivity contribution is 7.99. The molecule has 0 saturated heterocycles. The first-order valence-corrected chi connectivity index (χ1v) is 5.83. The lowest BCUT2D eigenvalue weighted by atomic mass is 10.1. The molecule has 90 valence electrons. The molecule has 6 heteroatoms. The fourth-order valence-corrected chi connectivity index (χ4v) is 2.00. The van der Waals surface area contributed by atoms with Crippen molar-refractivity contribution in [2.75, 3.05) is 0 Å². The van der Waals surface area contributed by atoms with E-state index in [0.29, 0.717) is 21.6 Å². The van der Waals surface area contributed by atoms with Gasteiger partial charge in [-0.15, -0.1) is 10.2 Å². The van der Waals surface area contributed by atoms with Crippen LogP contribution in [-0.4, -0.2) is 15.3 Å². The Balaban J connectivity index is 2.22. The zero-order valence-corrected chi connectivity index (χ0v) is 10.2. The zero-order valence-electron chi connectivity index (χ0n) is 9.35. The first-order chi connectivity index (χ1) is 8.06. The summed E-state index contributed by atoms with van der Waals surface area (Å²) in [5.74, 6) is 0.0257. The summed E-state index contributed by atoms with van der Waals surface area (Å²) in [6, 6.07) is 4.55. The van der Waals surface area contributed by atoms with Crippen molar-refractivity contribution in [2.24, 2.45) is 0 Å².